The Morgan fingerprint density at radius 3 is 2.56 bits per heavy atom. The van der Waals surface area contributed by atoms with Crippen LogP contribution >= 0.6 is 0 Å². The molecule has 90 valence electrons. The molecular formula is C13H21NO2. The van der Waals surface area contributed by atoms with Gasteiger partial charge in [0.2, 0.25) is 0 Å². The summed E-state index contributed by atoms with van der Waals surface area (Å²) in [5.74, 6) is 1.69. The highest BCUT2D eigenvalue weighted by Gasteiger charge is 2.05. The highest BCUT2D eigenvalue weighted by atomic mass is 16.5. The van der Waals surface area contributed by atoms with Crippen LogP contribution in [0.5, 0.6) is 11.5 Å². The summed E-state index contributed by atoms with van der Waals surface area (Å²) >= 11 is 0. The predicted octanol–water partition coefficient (Wildman–Crippen LogP) is 2.59. The van der Waals surface area contributed by atoms with Gasteiger partial charge in [-0.15, -0.1) is 0 Å². The van der Waals surface area contributed by atoms with Crippen LogP contribution in [0.4, 0.5) is 0 Å². The van der Waals surface area contributed by atoms with E-state index in [0.717, 1.165) is 30.0 Å². The largest absolute Gasteiger partial charge is 0.497 e. The molecule has 0 fully saturated rings. The number of hydrogen-bond acceptors (Lipinski definition) is 3. The van der Waals surface area contributed by atoms with Gasteiger partial charge in [-0.1, -0.05) is 13.0 Å². The Hall–Kier alpha value is -1.22. The van der Waals surface area contributed by atoms with E-state index in [1.807, 2.05) is 18.2 Å². The standard InChI is InChI=1S/C13H21NO2/c1-5-10(2)14-9-11-6-7-12(15-3)8-13(11)16-4/h6-8,10,14H,5,9H2,1-4H3/t10-/m0/s1. The second-order valence-electron chi connectivity index (χ2n) is 3.87. The number of hydrogen-bond donors (Lipinski definition) is 1. The van der Waals surface area contributed by atoms with Crippen LogP contribution in [0.1, 0.15) is 25.8 Å². The second-order valence-corrected chi connectivity index (χ2v) is 3.87. The molecule has 0 aliphatic heterocycles. The summed E-state index contributed by atoms with van der Waals surface area (Å²) in [5, 5.41) is 3.44. The maximum Gasteiger partial charge on any atom is 0.127 e. The Kier molecular flexibility index (Phi) is 5.12. The van der Waals surface area contributed by atoms with Crippen molar-refractivity contribution >= 4 is 0 Å². The zero-order valence-corrected chi connectivity index (χ0v) is 10.5. The topological polar surface area (TPSA) is 30.5 Å². The van der Waals surface area contributed by atoms with E-state index in [9.17, 15) is 0 Å². The minimum atomic E-state index is 0.520. The van der Waals surface area contributed by atoms with Gasteiger partial charge in [0, 0.05) is 24.2 Å². The maximum absolute atomic E-state index is 5.33. The zero-order valence-electron chi connectivity index (χ0n) is 10.5. The summed E-state index contributed by atoms with van der Waals surface area (Å²) in [7, 11) is 3.34. The molecule has 0 unspecified atom stereocenters. The smallest absolute Gasteiger partial charge is 0.127 e. The Morgan fingerprint density at radius 2 is 2.00 bits per heavy atom. The molecular weight excluding hydrogens is 202 g/mol. The number of rotatable bonds is 6. The third-order valence-corrected chi connectivity index (χ3v) is 2.75. The van der Waals surface area contributed by atoms with Crippen molar-refractivity contribution in [3.05, 3.63) is 23.8 Å². The van der Waals surface area contributed by atoms with E-state index in [1.54, 1.807) is 14.2 Å². The van der Waals surface area contributed by atoms with Crippen molar-refractivity contribution in [2.75, 3.05) is 14.2 Å². The molecule has 3 heteroatoms. The van der Waals surface area contributed by atoms with Gasteiger partial charge < -0.3 is 14.8 Å². The van der Waals surface area contributed by atoms with Gasteiger partial charge >= 0.3 is 0 Å². The third kappa shape index (κ3) is 3.42. The fourth-order valence-electron chi connectivity index (χ4n) is 1.43. The number of nitrogens with one attached hydrogen (secondary N) is 1. The van der Waals surface area contributed by atoms with E-state index in [-0.39, 0.29) is 0 Å². The number of benzene rings is 1. The monoisotopic (exact) mass is 223 g/mol. The molecule has 1 N–H and O–H groups in total. The SMILES string of the molecule is CC[C@H](C)NCc1ccc(OC)cc1OC. The van der Waals surface area contributed by atoms with E-state index in [2.05, 4.69) is 19.2 Å². The Labute approximate surface area is 97.8 Å². The first-order valence-electron chi connectivity index (χ1n) is 5.65. The molecule has 0 aliphatic rings. The van der Waals surface area contributed by atoms with Gasteiger partial charge in [0.1, 0.15) is 11.5 Å². The first kappa shape index (κ1) is 12.8. The lowest BCUT2D eigenvalue weighted by molar-refractivity contribution is 0.388. The summed E-state index contributed by atoms with van der Waals surface area (Å²) < 4.78 is 10.5. The molecule has 0 amide bonds. The van der Waals surface area contributed by atoms with Crippen LogP contribution in [-0.4, -0.2) is 20.3 Å². The molecule has 0 spiro atoms. The molecule has 0 bridgehead atoms. The minimum Gasteiger partial charge on any atom is -0.497 e. The summed E-state index contributed by atoms with van der Waals surface area (Å²) in [6, 6.07) is 6.42. The van der Waals surface area contributed by atoms with Crippen LogP contribution in [0.25, 0.3) is 0 Å². The first-order valence-corrected chi connectivity index (χ1v) is 5.65. The Morgan fingerprint density at radius 1 is 1.25 bits per heavy atom. The van der Waals surface area contributed by atoms with Crippen LogP contribution in [-0.2, 0) is 6.54 Å². The van der Waals surface area contributed by atoms with Gasteiger partial charge in [-0.3, -0.25) is 0 Å². The van der Waals surface area contributed by atoms with Gasteiger partial charge in [0.05, 0.1) is 14.2 Å². The van der Waals surface area contributed by atoms with E-state index < -0.39 is 0 Å². The minimum absolute atomic E-state index is 0.520. The first-order chi connectivity index (χ1) is 7.71. The van der Waals surface area contributed by atoms with Crippen molar-refractivity contribution in [1.29, 1.82) is 0 Å². The fraction of sp³-hybridized carbons (Fsp3) is 0.538. The molecule has 16 heavy (non-hydrogen) atoms. The van der Waals surface area contributed by atoms with Crippen molar-refractivity contribution in [1.82, 2.24) is 5.32 Å². The van der Waals surface area contributed by atoms with Gasteiger partial charge in [0.15, 0.2) is 0 Å². The van der Waals surface area contributed by atoms with Gasteiger partial charge in [0.25, 0.3) is 0 Å². The van der Waals surface area contributed by atoms with Gasteiger partial charge in [-0.2, -0.15) is 0 Å². The zero-order chi connectivity index (χ0) is 12.0. The van der Waals surface area contributed by atoms with Crippen molar-refractivity contribution in [3.8, 4) is 11.5 Å². The molecule has 1 aromatic rings. The normalized spacial score (nSPS) is 12.2. The van der Waals surface area contributed by atoms with Crippen LogP contribution in [0.3, 0.4) is 0 Å². The molecule has 1 atom stereocenters. The van der Waals surface area contributed by atoms with Crippen LogP contribution in [0.15, 0.2) is 18.2 Å². The third-order valence-electron chi connectivity index (χ3n) is 2.75. The van der Waals surface area contributed by atoms with Crippen LogP contribution in [0.2, 0.25) is 0 Å². The lowest BCUT2D eigenvalue weighted by Gasteiger charge is -2.14. The molecule has 0 heterocycles. The maximum atomic E-state index is 5.33. The Balaban J connectivity index is 2.71. The van der Waals surface area contributed by atoms with Crippen LogP contribution in [0, 0.1) is 0 Å². The summed E-state index contributed by atoms with van der Waals surface area (Å²) in [4.78, 5) is 0. The summed E-state index contributed by atoms with van der Waals surface area (Å²) in [5.41, 5.74) is 1.16. The second kappa shape index (κ2) is 6.38. The van der Waals surface area contributed by atoms with E-state index in [4.69, 9.17) is 9.47 Å². The van der Waals surface area contributed by atoms with Crippen molar-refractivity contribution < 1.29 is 9.47 Å². The predicted molar refractivity (Wildman–Crippen MR) is 66.1 cm³/mol. The van der Waals surface area contributed by atoms with Crippen molar-refractivity contribution in [2.24, 2.45) is 0 Å². The molecule has 0 radical (unpaired) electrons. The number of methoxy groups -OCH3 is 2. The summed E-state index contributed by atoms with van der Waals surface area (Å²) in [6.45, 7) is 5.17. The molecule has 0 aromatic heterocycles. The van der Waals surface area contributed by atoms with Crippen molar-refractivity contribution in [3.63, 3.8) is 0 Å². The lowest BCUT2D eigenvalue weighted by atomic mass is 10.1. The van der Waals surface area contributed by atoms with E-state index in [1.165, 1.54) is 0 Å². The fourth-order valence-corrected chi connectivity index (χ4v) is 1.43. The highest BCUT2D eigenvalue weighted by molar-refractivity contribution is 5.40. The van der Waals surface area contributed by atoms with Gasteiger partial charge in [-0.25, -0.2) is 0 Å². The highest BCUT2D eigenvalue weighted by Crippen LogP contribution is 2.24. The van der Waals surface area contributed by atoms with E-state index >= 15 is 0 Å². The average Bonchev–Trinajstić information content (AvgIpc) is 2.35. The van der Waals surface area contributed by atoms with Crippen LogP contribution < -0.4 is 14.8 Å². The average molecular weight is 223 g/mol. The number of ether oxygens (including phenoxy) is 2. The molecule has 0 saturated heterocycles. The summed E-state index contributed by atoms with van der Waals surface area (Å²) in [6.07, 6.45) is 1.12. The molecule has 1 rings (SSSR count). The molecule has 3 nitrogen and oxygen atoms in total. The molecule has 1 aromatic carbocycles. The van der Waals surface area contributed by atoms with E-state index in [0.29, 0.717) is 6.04 Å². The van der Waals surface area contributed by atoms with Gasteiger partial charge in [-0.05, 0) is 19.4 Å². The quantitative estimate of drug-likeness (QED) is 0.804. The molecule has 0 saturated carbocycles. The lowest BCUT2D eigenvalue weighted by Crippen LogP contribution is -2.24. The Bertz CT molecular complexity index is 326. The van der Waals surface area contributed by atoms with Crippen molar-refractivity contribution in [2.45, 2.75) is 32.9 Å². The molecule has 0 aliphatic carbocycles.